The maximum atomic E-state index is 12.3. The van der Waals surface area contributed by atoms with Crippen LogP contribution < -0.4 is 15.6 Å². The second kappa shape index (κ2) is 10.4. The molecule has 0 atom stereocenters. The van der Waals surface area contributed by atoms with Gasteiger partial charge >= 0.3 is 0 Å². The topological polar surface area (TPSA) is 73.2 Å². The minimum atomic E-state index is -0.299. The van der Waals surface area contributed by atoms with Crippen LogP contribution in [0.1, 0.15) is 55.6 Å². The molecule has 1 amide bonds. The van der Waals surface area contributed by atoms with Crippen molar-refractivity contribution < 1.29 is 9.53 Å². The fraction of sp³-hybridized carbons (Fsp3) is 0.450. The predicted molar refractivity (Wildman–Crippen MR) is 101 cm³/mol. The lowest BCUT2D eigenvalue weighted by atomic mass is 10.2. The van der Waals surface area contributed by atoms with E-state index in [-0.39, 0.29) is 17.2 Å². The molecule has 0 aliphatic rings. The first-order valence-corrected chi connectivity index (χ1v) is 9.22. The average molecular weight is 357 g/mol. The Morgan fingerprint density at radius 3 is 2.73 bits per heavy atom. The van der Waals surface area contributed by atoms with Gasteiger partial charge in [0.1, 0.15) is 11.4 Å². The SMILES string of the molecule is CCCCOc1cccc(CNC(=O)c2ccc(=O)n(CCCC)n2)c1. The number of carbonyl (C=O) groups is 1. The fourth-order valence-electron chi connectivity index (χ4n) is 2.39. The Morgan fingerprint density at radius 2 is 1.96 bits per heavy atom. The molecule has 1 heterocycles. The van der Waals surface area contributed by atoms with Crippen LogP contribution in [0.5, 0.6) is 5.75 Å². The molecular weight excluding hydrogens is 330 g/mol. The van der Waals surface area contributed by atoms with E-state index in [1.165, 1.54) is 16.8 Å². The lowest BCUT2D eigenvalue weighted by Gasteiger charge is -2.09. The summed E-state index contributed by atoms with van der Waals surface area (Å²) in [5.41, 5.74) is 1.01. The van der Waals surface area contributed by atoms with E-state index in [0.717, 1.165) is 37.0 Å². The zero-order valence-electron chi connectivity index (χ0n) is 15.5. The summed E-state index contributed by atoms with van der Waals surface area (Å²) in [7, 11) is 0. The molecule has 6 nitrogen and oxygen atoms in total. The van der Waals surface area contributed by atoms with Crippen molar-refractivity contribution in [2.45, 2.75) is 52.6 Å². The van der Waals surface area contributed by atoms with E-state index in [0.29, 0.717) is 19.7 Å². The number of unbranched alkanes of at least 4 members (excludes halogenated alkanes) is 2. The van der Waals surface area contributed by atoms with Crippen molar-refractivity contribution in [1.29, 1.82) is 0 Å². The van der Waals surface area contributed by atoms with Gasteiger partial charge in [-0.2, -0.15) is 5.10 Å². The Balaban J connectivity index is 1.96. The second-order valence-corrected chi connectivity index (χ2v) is 6.17. The predicted octanol–water partition coefficient (Wildman–Crippen LogP) is 3.15. The van der Waals surface area contributed by atoms with Crippen molar-refractivity contribution in [3.8, 4) is 5.75 Å². The van der Waals surface area contributed by atoms with Crippen LogP contribution in [0.2, 0.25) is 0 Å². The minimum Gasteiger partial charge on any atom is -0.494 e. The molecule has 2 rings (SSSR count). The highest BCUT2D eigenvalue weighted by molar-refractivity contribution is 5.91. The average Bonchev–Trinajstić information content (AvgIpc) is 2.66. The van der Waals surface area contributed by atoms with Gasteiger partial charge in [-0.05, 0) is 36.6 Å². The Morgan fingerprint density at radius 1 is 1.15 bits per heavy atom. The molecule has 2 aromatic rings. The van der Waals surface area contributed by atoms with Gasteiger partial charge in [-0.3, -0.25) is 9.59 Å². The Labute approximate surface area is 154 Å². The first-order valence-electron chi connectivity index (χ1n) is 9.22. The summed E-state index contributed by atoms with van der Waals surface area (Å²) in [5, 5.41) is 7.00. The molecule has 0 saturated carbocycles. The number of aromatic nitrogens is 2. The molecule has 0 aliphatic heterocycles. The van der Waals surface area contributed by atoms with Crippen molar-refractivity contribution in [3.05, 3.63) is 58.0 Å². The van der Waals surface area contributed by atoms with E-state index < -0.39 is 0 Å². The standard InChI is InChI=1S/C20H27N3O3/c1-3-5-12-23-19(24)11-10-18(22-23)20(25)21-15-16-8-7-9-17(14-16)26-13-6-4-2/h7-11,14H,3-6,12-13,15H2,1-2H3,(H,21,25). The monoisotopic (exact) mass is 357 g/mol. The minimum absolute atomic E-state index is 0.188. The highest BCUT2D eigenvalue weighted by atomic mass is 16.5. The Kier molecular flexibility index (Phi) is 7.86. The smallest absolute Gasteiger partial charge is 0.271 e. The molecule has 26 heavy (non-hydrogen) atoms. The van der Waals surface area contributed by atoms with Crippen LogP contribution in [0.15, 0.2) is 41.2 Å². The van der Waals surface area contributed by atoms with Crippen molar-refractivity contribution in [3.63, 3.8) is 0 Å². The van der Waals surface area contributed by atoms with E-state index >= 15 is 0 Å². The molecule has 0 fully saturated rings. The van der Waals surface area contributed by atoms with Gasteiger partial charge in [0.15, 0.2) is 0 Å². The van der Waals surface area contributed by atoms with Gasteiger partial charge in [0.25, 0.3) is 11.5 Å². The maximum Gasteiger partial charge on any atom is 0.271 e. The van der Waals surface area contributed by atoms with E-state index in [9.17, 15) is 9.59 Å². The molecule has 1 aromatic carbocycles. The molecule has 0 bridgehead atoms. The molecule has 0 radical (unpaired) electrons. The number of hydrogen-bond acceptors (Lipinski definition) is 4. The molecule has 0 saturated heterocycles. The summed E-state index contributed by atoms with van der Waals surface area (Å²) >= 11 is 0. The number of benzene rings is 1. The highest BCUT2D eigenvalue weighted by Gasteiger charge is 2.09. The van der Waals surface area contributed by atoms with E-state index in [1.807, 2.05) is 31.2 Å². The van der Waals surface area contributed by atoms with Crippen LogP contribution in [0.4, 0.5) is 0 Å². The molecular formula is C20H27N3O3. The fourth-order valence-corrected chi connectivity index (χ4v) is 2.39. The Bertz CT molecular complexity index is 771. The number of aryl methyl sites for hydroxylation is 1. The number of hydrogen-bond donors (Lipinski definition) is 1. The first kappa shape index (κ1) is 19.7. The lowest BCUT2D eigenvalue weighted by Crippen LogP contribution is -2.29. The van der Waals surface area contributed by atoms with Gasteiger partial charge in [-0.1, -0.05) is 38.8 Å². The third-order valence-electron chi connectivity index (χ3n) is 3.94. The maximum absolute atomic E-state index is 12.3. The van der Waals surface area contributed by atoms with Crippen LogP contribution in [0.25, 0.3) is 0 Å². The molecule has 0 spiro atoms. The number of carbonyl (C=O) groups excluding carboxylic acids is 1. The van der Waals surface area contributed by atoms with Gasteiger partial charge in [-0.15, -0.1) is 0 Å². The Hall–Kier alpha value is -2.63. The van der Waals surface area contributed by atoms with Crippen molar-refractivity contribution in [2.75, 3.05) is 6.61 Å². The summed E-state index contributed by atoms with van der Waals surface area (Å²) < 4.78 is 7.03. The molecule has 1 aromatic heterocycles. The van der Waals surface area contributed by atoms with E-state index in [1.54, 1.807) is 0 Å². The van der Waals surface area contributed by atoms with Gasteiger partial charge in [-0.25, -0.2) is 4.68 Å². The van der Waals surface area contributed by atoms with Crippen molar-refractivity contribution in [1.82, 2.24) is 15.1 Å². The van der Waals surface area contributed by atoms with Gasteiger partial charge in [0.05, 0.1) is 6.61 Å². The summed E-state index contributed by atoms with van der Waals surface area (Å²) in [6.45, 7) is 5.75. The zero-order valence-corrected chi connectivity index (χ0v) is 15.5. The van der Waals surface area contributed by atoms with Gasteiger partial charge < -0.3 is 10.1 Å². The summed E-state index contributed by atoms with van der Waals surface area (Å²) in [5.74, 6) is 0.504. The number of ether oxygens (including phenoxy) is 1. The van der Waals surface area contributed by atoms with E-state index in [2.05, 4.69) is 17.3 Å². The largest absolute Gasteiger partial charge is 0.494 e. The quantitative estimate of drug-likeness (QED) is 0.663. The molecule has 6 heteroatoms. The number of amides is 1. The highest BCUT2D eigenvalue weighted by Crippen LogP contribution is 2.13. The molecule has 1 N–H and O–H groups in total. The molecule has 140 valence electrons. The van der Waals surface area contributed by atoms with Crippen LogP contribution in [0.3, 0.4) is 0 Å². The normalized spacial score (nSPS) is 10.5. The number of rotatable bonds is 10. The van der Waals surface area contributed by atoms with E-state index in [4.69, 9.17) is 4.74 Å². The van der Waals surface area contributed by atoms with Crippen molar-refractivity contribution in [2.24, 2.45) is 0 Å². The van der Waals surface area contributed by atoms with Crippen LogP contribution in [-0.4, -0.2) is 22.3 Å². The van der Waals surface area contributed by atoms with Crippen LogP contribution >= 0.6 is 0 Å². The molecule has 0 aliphatic carbocycles. The zero-order chi connectivity index (χ0) is 18.8. The number of nitrogens with zero attached hydrogens (tertiary/aromatic N) is 2. The third-order valence-corrected chi connectivity index (χ3v) is 3.94. The summed E-state index contributed by atoms with van der Waals surface area (Å²) in [4.78, 5) is 24.1. The summed E-state index contributed by atoms with van der Waals surface area (Å²) in [6, 6.07) is 10.5. The van der Waals surface area contributed by atoms with Gasteiger partial charge in [0.2, 0.25) is 0 Å². The molecule has 0 unspecified atom stereocenters. The third kappa shape index (κ3) is 6.02. The first-order chi connectivity index (χ1) is 12.6. The second-order valence-electron chi connectivity index (χ2n) is 6.17. The van der Waals surface area contributed by atoms with Crippen LogP contribution in [0, 0.1) is 0 Å². The van der Waals surface area contributed by atoms with Crippen LogP contribution in [-0.2, 0) is 13.1 Å². The lowest BCUT2D eigenvalue weighted by molar-refractivity contribution is 0.0943. The summed E-state index contributed by atoms with van der Waals surface area (Å²) in [6.07, 6.45) is 3.91. The number of nitrogens with one attached hydrogen (secondary N) is 1. The van der Waals surface area contributed by atoms with Gasteiger partial charge in [0, 0.05) is 19.2 Å². The van der Waals surface area contributed by atoms with Crippen molar-refractivity contribution >= 4 is 5.91 Å².